The van der Waals surface area contributed by atoms with E-state index in [0.717, 1.165) is 11.3 Å². The summed E-state index contributed by atoms with van der Waals surface area (Å²) >= 11 is 0. The Labute approximate surface area is 156 Å². The first-order chi connectivity index (χ1) is 12.8. The Bertz CT molecular complexity index is 706. The summed E-state index contributed by atoms with van der Waals surface area (Å²) in [5.74, 6) is 0.129. The lowest BCUT2D eigenvalue weighted by Crippen LogP contribution is -2.39. The molecule has 0 radical (unpaired) electrons. The van der Waals surface area contributed by atoms with Crippen LogP contribution in [0.4, 0.5) is 23.7 Å². The zero-order valence-corrected chi connectivity index (χ0v) is 14.9. The number of benzene rings is 2. The average molecular weight is 381 g/mol. The number of hydrogen-bond acceptors (Lipinski definition) is 3. The van der Waals surface area contributed by atoms with Crippen LogP contribution >= 0.6 is 0 Å². The van der Waals surface area contributed by atoms with Crippen molar-refractivity contribution in [3.05, 3.63) is 60.2 Å². The number of amides is 2. The highest BCUT2D eigenvalue weighted by molar-refractivity contribution is 5.73. The molecule has 27 heavy (non-hydrogen) atoms. The van der Waals surface area contributed by atoms with Crippen LogP contribution in [0.3, 0.4) is 0 Å². The normalized spacial score (nSPS) is 11.0. The van der Waals surface area contributed by atoms with Crippen LogP contribution in [0.2, 0.25) is 0 Å². The number of carbonyl (C=O) groups is 1. The van der Waals surface area contributed by atoms with Crippen molar-refractivity contribution in [1.82, 2.24) is 10.6 Å². The smallest absolute Gasteiger partial charge is 0.422 e. The van der Waals surface area contributed by atoms with Crippen molar-refractivity contribution in [2.75, 3.05) is 31.6 Å². The molecule has 2 N–H and O–H groups in total. The lowest BCUT2D eigenvalue weighted by atomic mass is 10.2. The van der Waals surface area contributed by atoms with Crippen molar-refractivity contribution in [3.63, 3.8) is 0 Å². The standard InChI is InChI=1S/C19H22F3N3O2/c1-25(16-5-3-2-4-6-16)12-11-23-18(26)24-13-15-7-9-17(10-8-15)27-14-19(20,21)22/h2-10H,11-14H2,1H3,(H2,23,24,26). The SMILES string of the molecule is CN(CCNC(=O)NCc1ccc(OCC(F)(F)F)cc1)c1ccccc1. The van der Waals surface area contributed by atoms with Gasteiger partial charge < -0.3 is 20.3 Å². The van der Waals surface area contributed by atoms with Gasteiger partial charge in [0.05, 0.1) is 0 Å². The molecular weight excluding hydrogens is 359 g/mol. The van der Waals surface area contributed by atoms with Gasteiger partial charge in [0.25, 0.3) is 0 Å². The fourth-order valence-corrected chi connectivity index (χ4v) is 2.26. The first-order valence-corrected chi connectivity index (χ1v) is 8.40. The highest BCUT2D eigenvalue weighted by atomic mass is 19.4. The average Bonchev–Trinajstić information content (AvgIpc) is 2.65. The molecular formula is C19H22F3N3O2. The second kappa shape index (κ2) is 9.70. The highest BCUT2D eigenvalue weighted by Gasteiger charge is 2.28. The van der Waals surface area contributed by atoms with Crippen LogP contribution in [0.15, 0.2) is 54.6 Å². The van der Waals surface area contributed by atoms with E-state index in [4.69, 9.17) is 0 Å². The van der Waals surface area contributed by atoms with Crippen molar-refractivity contribution < 1.29 is 22.7 Å². The van der Waals surface area contributed by atoms with Crippen molar-refractivity contribution in [3.8, 4) is 5.75 Å². The molecule has 0 heterocycles. The lowest BCUT2D eigenvalue weighted by Gasteiger charge is -2.19. The molecule has 0 saturated carbocycles. The summed E-state index contributed by atoms with van der Waals surface area (Å²) in [5, 5.41) is 5.46. The molecule has 8 heteroatoms. The quantitative estimate of drug-likeness (QED) is 0.735. The van der Waals surface area contributed by atoms with Crippen LogP contribution < -0.4 is 20.3 Å². The number of para-hydroxylation sites is 1. The van der Waals surface area contributed by atoms with Crippen LogP contribution in [0.25, 0.3) is 0 Å². The van der Waals surface area contributed by atoms with E-state index in [9.17, 15) is 18.0 Å². The van der Waals surface area contributed by atoms with Crippen LogP contribution in [0.5, 0.6) is 5.75 Å². The number of halogens is 3. The number of nitrogens with one attached hydrogen (secondary N) is 2. The van der Waals surface area contributed by atoms with E-state index in [1.165, 1.54) is 12.1 Å². The zero-order chi connectivity index (χ0) is 19.7. The van der Waals surface area contributed by atoms with Crippen LogP contribution in [-0.4, -0.2) is 39.0 Å². The maximum atomic E-state index is 12.1. The van der Waals surface area contributed by atoms with Crippen LogP contribution in [0.1, 0.15) is 5.56 Å². The van der Waals surface area contributed by atoms with Gasteiger partial charge in [0.15, 0.2) is 6.61 Å². The number of carbonyl (C=O) groups excluding carboxylic acids is 1. The Kier molecular flexibility index (Phi) is 7.34. The summed E-state index contributed by atoms with van der Waals surface area (Å²) in [6.07, 6.45) is -4.37. The fraction of sp³-hybridized carbons (Fsp3) is 0.316. The van der Waals surface area contributed by atoms with Gasteiger partial charge in [-0.05, 0) is 29.8 Å². The third kappa shape index (κ3) is 7.89. The molecule has 0 aliphatic carbocycles. The Balaban J connectivity index is 1.66. The predicted octanol–water partition coefficient (Wildman–Crippen LogP) is 3.56. The monoisotopic (exact) mass is 381 g/mol. The summed E-state index contributed by atoms with van der Waals surface area (Å²) in [6.45, 7) is 0.0639. The number of anilines is 1. The van der Waals surface area contributed by atoms with Crippen molar-refractivity contribution in [1.29, 1.82) is 0 Å². The number of hydrogen-bond donors (Lipinski definition) is 2. The molecule has 5 nitrogen and oxygen atoms in total. The Morgan fingerprint density at radius 3 is 2.33 bits per heavy atom. The van der Waals surface area contributed by atoms with Gasteiger partial charge in [-0.1, -0.05) is 30.3 Å². The number of nitrogens with zero attached hydrogens (tertiary/aromatic N) is 1. The Morgan fingerprint density at radius 1 is 1.04 bits per heavy atom. The van der Waals surface area contributed by atoms with Gasteiger partial charge in [0.2, 0.25) is 0 Å². The molecule has 0 spiro atoms. The second-order valence-electron chi connectivity index (χ2n) is 5.91. The molecule has 0 fully saturated rings. The van der Waals surface area contributed by atoms with Crippen molar-refractivity contribution >= 4 is 11.7 Å². The molecule has 2 aromatic carbocycles. The summed E-state index contributed by atoms with van der Waals surface area (Å²) in [6, 6.07) is 15.6. The molecule has 2 aromatic rings. The summed E-state index contributed by atoms with van der Waals surface area (Å²) < 4.78 is 40.9. The maximum Gasteiger partial charge on any atom is 0.422 e. The topological polar surface area (TPSA) is 53.6 Å². The van der Waals surface area contributed by atoms with E-state index in [1.54, 1.807) is 12.1 Å². The first kappa shape index (κ1) is 20.4. The summed E-state index contributed by atoms with van der Waals surface area (Å²) in [7, 11) is 1.94. The number of likely N-dealkylation sites (N-methyl/N-ethyl adjacent to an activating group) is 1. The molecule has 146 valence electrons. The molecule has 0 aliphatic rings. The molecule has 0 bridgehead atoms. The predicted molar refractivity (Wildman–Crippen MR) is 97.9 cm³/mol. The molecule has 2 amide bonds. The van der Waals surface area contributed by atoms with E-state index >= 15 is 0 Å². The van der Waals surface area contributed by atoms with Crippen molar-refractivity contribution in [2.24, 2.45) is 0 Å². The maximum absolute atomic E-state index is 12.1. The van der Waals surface area contributed by atoms with E-state index in [1.807, 2.05) is 42.3 Å². The van der Waals surface area contributed by atoms with E-state index in [0.29, 0.717) is 13.1 Å². The number of ether oxygens (including phenoxy) is 1. The number of alkyl halides is 3. The summed E-state index contributed by atoms with van der Waals surface area (Å²) in [4.78, 5) is 13.9. The minimum Gasteiger partial charge on any atom is -0.484 e. The first-order valence-electron chi connectivity index (χ1n) is 8.40. The van der Waals surface area contributed by atoms with Gasteiger partial charge in [0, 0.05) is 32.4 Å². The zero-order valence-electron chi connectivity index (χ0n) is 14.9. The lowest BCUT2D eigenvalue weighted by molar-refractivity contribution is -0.153. The van der Waals surface area contributed by atoms with Gasteiger partial charge in [-0.3, -0.25) is 0 Å². The third-order valence-corrected chi connectivity index (χ3v) is 3.71. The summed E-state index contributed by atoms with van der Waals surface area (Å²) in [5.41, 5.74) is 1.82. The molecule has 0 unspecified atom stereocenters. The number of rotatable bonds is 8. The fourth-order valence-electron chi connectivity index (χ4n) is 2.26. The minimum atomic E-state index is -4.37. The Morgan fingerprint density at radius 2 is 1.70 bits per heavy atom. The Hall–Kier alpha value is -2.90. The second-order valence-corrected chi connectivity index (χ2v) is 5.91. The molecule has 0 atom stereocenters. The largest absolute Gasteiger partial charge is 0.484 e. The molecule has 0 aliphatic heterocycles. The molecule has 0 saturated heterocycles. The van der Waals surface area contributed by atoms with Gasteiger partial charge in [-0.25, -0.2) is 4.79 Å². The van der Waals surface area contributed by atoms with Gasteiger partial charge >= 0.3 is 12.2 Å². The van der Waals surface area contributed by atoms with Gasteiger partial charge in [-0.15, -0.1) is 0 Å². The highest BCUT2D eigenvalue weighted by Crippen LogP contribution is 2.18. The van der Waals surface area contributed by atoms with E-state index in [2.05, 4.69) is 15.4 Å². The van der Waals surface area contributed by atoms with Crippen LogP contribution in [0, 0.1) is 0 Å². The van der Waals surface area contributed by atoms with E-state index < -0.39 is 12.8 Å². The molecule has 0 aromatic heterocycles. The number of urea groups is 1. The molecule has 2 rings (SSSR count). The van der Waals surface area contributed by atoms with Crippen molar-refractivity contribution in [2.45, 2.75) is 12.7 Å². The van der Waals surface area contributed by atoms with Crippen LogP contribution in [-0.2, 0) is 6.54 Å². The third-order valence-electron chi connectivity index (χ3n) is 3.71. The van der Waals surface area contributed by atoms with Gasteiger partial charge in [0.1, 0.15) is 5.75 Å². The van der Waals surface area contributed by atoms with Gasteiger partial charge in [-0.2, -0.15) is 13.2 Å². The minimum absolute atomic E-state index is 0.129. The van der Waals surface area contributed by atoms with E-state index in [-0.39, 0.29) is 18.3 Å².